The third-order valence-corrected chi connectivity index (χ3v) is 4.35. The van der Waals surface area contributed by atoms with Gasteiger partial charge in [-0.15, -0.1) is 0 Å². The van der Waals surface area contributed by atoms with E-state index in [2.05, 4.69) is 34.5 Å². The van der Waals surface area contributed by atoms with E-state index in [-0.39, 0.29) is 0 Å². The summed E-state index contributed by atoms with van der Waals surface area (Å²) in [6.45, 7) is 9.44. The van der Waals surface area contributed by atoms with Crippen LogP contribution in [0.2, 0.25) is 0 Å². The van der Waals surface area contributed by atoms with Gasteiger partial charge in [0.15, 0.2) is 5.96 Å². The van der Waals surface area contributed by atoms with E-state index in [1.54, 1.807) is 6.20 Å². The Morgan fingerprint density at radius 2 is 1.74 bits per heavy atom. The fourth-order valence-electron chi connectivity index (χ4n) is 2.65. The molecule has 0 fully saturated rings. The van der Waals surface area contributed by atoms with E-state index in [1.807, 2.05) is 42.5 Å². The van der Waals surface area contributed by atoms with Crippen molar-refractivity contribution in [2.75, 3.05) is 39.5 Å². The van der Waals surface area contributed by atoms with Crippen molar-refractivity contribution < 1.29 is 14.2 Å². The molecule has 1 aromatic carbocycles. The molecule has 0 saturated heterocycles. The van der Waals surface area contributed by atoms with Crippen molar-refractivity contribution in [3.05, 3.63) is 59.9 Å². The van der Waals surface area contributed by atoms with Crippen LogP contribution in [0, 0.1) is 0 Å². The number of hydrogen-bond acceptors (Lipinski definition) is 5. The molecule has 0 bridgehead atoms. The lowest BCUT2D eigenvalue weighted by atomic mass is 10.2. The Bertz CT molecular complexity index is 723. The van der Waals surface area contributed by atoms with Crippen molar-refractivity contribution in [3.8, 4) is 5.75 Å². The maximum absolute atomic E-state index is 5.78. The lowest BCUT2D eigenvalue weighted by Gasteiger charge is -2.12. The van der Waals surface area contributed by atoms with Crippen molar-refractivity contribution in [1.29, 1.82) is 0 Å². The predicted octanol–water partition coefficient (Wildman–Crippen LogP) is 3.55. The van der Waals surface area contributed by atoms with E-state index in [1.165, 1.54) is 0 Å². The summed E-state index contributed by atoms with van der Waals surface area (Å²) < 4.78 is 16.8. The fraction of sp³-hybridized carbons (Fsp3) is 0.500. The van der Waals surface area contributed by atoms with Gasteiger partial charge in [0.05, 0.1) is 32.1 Å². The molecule has 0 aliphatic heterocycles. The van der Waals surface area contributed by atoms with Crippen LogP contribution in [0.15, 0.2) is 53.7 Å². The second-order valence-electron chi connectivity index (χ2n) is 6.95. The monoisotopic (exact) mass is 428 g/mol. The smallest absolute Gasteiger partial charge is 0.191 e. The Balaban J connectivity index is 1.67. The van der Waals surface area contributed by atoms with Crippen molar-refractivity contribution >= 4 is 5.96 Å². The van der Waals surface area contributed by atoms with Gasteiger partial charge < -0.3 is 24.8 Å². The van der Waals surface area contributed by atoms with Gasteiger partial charge in [0, 0.05) is 25.9 Å². The molecule has 0 amide bonds. The number of benzene rings is 1. The van der Waals surface area contributed by atoms with Gasteiger partial charge >= 0.3 is 0 Å². The number of hydrogen-bond donors (Lipinski definition) is 2. The molecular formula is C24H36N4O3. The first kappa shape index (κ1) is 24.6. The molecule has 0 unspecified atom stereocenters. The molecule has 31 heavy (non-hydrogen) atoms. The van der Waals surface area contributed by atoms with E-state index in [9.17, 15) is 0 Å². The number of nitrogens with zero attached hydrogens (tertiary/aromatic N) is 2. The summed E-state index contributed by atoms with van der Waals surface area (Å²) in [5, 5.41) is 6.55. The highest BCUT2D eigenvalue weighted by molar-refractivity contribution is 5.79. The summed E-state index contributed by atoms with van der Waals surface area (Å²) in [7, 11) is 0. The Morgan fingerprint density at radius 1 is 0.935 bits per heavy atom. The minimum absolute atomic E-state index is 0.458. The van der Waals surface area contributed by atoms with Crippen LogP contribution in [-0.2, 0) is 22.6 Å². The standard InChI is InChI=1S/C24H36N4O3/c1-3-5-15-29-17-18-30-16-14-27-24(25-4-2)28-19-21-9-11-23(12-10-21)31-20-22-8-6-7-13-26-22/h6-13H,3-5,14-20H2,1-2H3,(H2,25,27,28). The summed E-state index contributed by atoms with van der Waals surface area (Å²) in [4.78, 5) is 8.90. The quantitative estimate of drug-likeness (QED) is 0.257. The molecule has 0 atom stereocenters. The average molecular weight is 429 g/mol. The third-order valence-electron chi connectivity index (χ3n) is 4.35. The first-order valence-corrected chi connectivity index (χ1v) is 11.1. The summed E-state index contributed by atoms with van der Waals surface area (Å²) in [5.41, 5.74) is 2.02. The molecule has 0 aliphatic rings. The van der Waals surface area contributed by atoms with Gasteiger partial charge in [0.2, 0.25) is 0 Å². The molecule has 2 aromatic rings. The van der Waals surface area contributed by atoms with Crippen LogP contribution in [0.3, 0.4) is 0 Å². The van der Waals surface area contributed by atoms with Gasteiger partial charge in [0.1, 0.15) is 12.4 Å². The molecule has 170 valence electrons. The number of aliphatic imine (C=N–C) groups is 1. The summed E-state index contributed by atoms with van der Waals surface area (Å²) >= 11 is 0. The van der Waals surface area contributed by atoms with E-state index < -0.39 is 0 Å². The van der Waals surface area contributed by atoms with E-state index >= 15 is 0 Å². The molecule has 2 rings (SSSR count). The largest absolute Gasteiger partial charge is 0.487 e. The molecule has 0 spiro atoms. The lowest BCUT2D eigenvalue weighted by Crippen LogP contribution is -2.39. The molecule has 7 heteroatoms. The van der Waals surface area contributed by atoms with Gasteiger partial charge in [-0.1, -0.05) is 31.5 Å². The number of guanidine groups is 1. The number of nitrogens with one attached hydrogen (secondary N) is 2. The van der Waals surface area contributed by atoms with E-state index in [0.29, 0.717) is 39.5 Å². The third kappa shape index (κ3) is 11.4. The number of unbranched alkanes of at least 4 members (excludes halogenated alkanes) is 1. The maximum atomic E-state index is 5.78. The zero-order valence-corrected chi connectivity index (χ0v) is 18.8. The van der Waals surface area contributed by atoms with Gasteiger partial charge in [-0.25, -0.2) is 4.99 Å². The molecule has 2 N–H and O–H groups in total. The highest BCUT2D eigenvalue weighted by Gasteiger charge is 2.00. The van der Waals surface area contributed by atoms with Crippen molar-refractivity contribution in [2.45, 2.75) is 39.8 Å². The Labute approximate surface area is 186 Å². The van der Waals surface area contributed by atoms with Crippen LogP contribution in [0.5, 0.6) is 5.75 Å². The van der Waals surface area contributed by atoms with Gasteiger partial charge in [-0.2, -0.15) is 0 Å². The Hall–Kier alpha value is -2.64. The molecule has 1 heterocycles. The summed E-state index contributed by atoms with van der Waals surface area (Å²) in [6, 6.07) is 13.8. The van der Waals surface area contributed by atoms with Crippen molar-refractivity contribution in [3.63, 3.8) is 0 Å². The highest BCUT2D eigenvalue weighted by atomic mass is 16.5. The molecule has 0 radical (unpaired) electrons. The van der Waals surface area contributed by atoms with Gasteiger partial charge in [-0.3, -0.25) is 4.98 Å². The summed E-state index contributed by atoms with van der Waals surface area (Å²) in [6.07, 6.45) is 4.02. The molecule has 0 aliphatic carbocycles. The SMILES string of the molecule is CCCCOCCOCCNC(=NCc1ccc(OCc2ccccn2)cc1)NCC. The predicted molar refractivity (Wildman–Crippen MR) is 124 cm³/mol. The van der Waals surface area contributed by atoms with Crippen LogP contribution in [0.4, 0.5) is 0 Å². The first-order chi connectivity index (χ1) is 15.3. The number of ether oxygens (including phenoxy) is 3. The fourth-order valence-corrected chi connectivity index (χ4v) is 2.65. The van der Waals surface area contributed by atoms with Gasteiger partial charge in [-0.05, 0) is 43.2 Å². The lowest BCUT2D eigenvalue weighted by molar-refractivity contribution is 0.0487. The number of pyridine rings is 1. The zero-order chi connectivity index (χ0) is 22.0. The zero-order valence-electron chi connectivity index (χ0n) is 18.8. The topological polar surface area (TPSA) is 77.0 Å². The number of aromatic nitrogens is 1. The Kier molecular flexibility index (Phi) is 12.8. The Morgan fingerprint density at radius 3 is 2.45 bits per heavy atom. The minimum Gasteiger partial charge on any atom is -0.487 e. The normalized spacial score (nSPS) is 11.4. The second kappa shape index (κ2) is 16.1. The maximum Gasteiger partial charge on any atom is 0.191 e. The van der Waals surface area contributed by atoms with Crippen LogP contribution in [0.25, 0.3) is 0 Å². The molecule has 7 nitrogen and oxygen atoms in total. The average Bonchev–Trinajstić information content (AvgIpc) is 2.81. The molecular weight excluding hydrogens is 392 g/mol. The highest BCUT2D eigenvalue weighted by Crippen LogP contribution is 2.14. The van der Waals surface area contributed by atoms with Gasteiger partial charge in [0.25, 0.3) is 0 Å². The van der Waals surface area contributed by atoms with Crippen LogP contribution in [-0.4, -0.2) is 50.5 Å². The first-order valence-electron chi connectivity index (χ1n) is 11.1. The van der Waals surface area contributed by atoms with Crippen molar-refractivity contribution in [1.82, 2.24) is 15.6 Å². The van der Waals surface area contributed by atoms with Crippen molar-refractivity contribution in [2.24, 2.45) is 4.99 Å². The minimum atomic E-state index is 0.458. The van der Waals surface area contributed by atoms with E-state index in [4.69, 9.17) is 14.2 Å². The van der Waals surface area contributed by atoms with E-state index in [0.717, 1.165) is 49.0 Å². The molecule has 0 saturated carbocycles. The summed E-state index contributed by atoms with van der Waals surface area (Å²) in [5.74, 6) is 1.60. The van der Waals surface area contributed by atoms with Crippen LogP contribution in [0.1, 0.15) is 37.9 Å². The molecule has 1 aromatic heterocycles. The second-order valence-corrected chi connectivity index (χ2v) is 6.95. The van der Waals surface area contributed by atoms with Crippen LogP contribution >= 0.6 is 0 Å². The number of rotatable bonds is 15. The van der Waals surface area contributed by atoms with Crippen LogP contribution < -0.4 is 15.4 Å².